The number of hydrogen-bond acceptors (Lipinski definition) is 4. The molecule has 0 radical (unpaired) electrons. The summed E-state index contributed by atoms with van der Waals surface area (Å²) in [5.41, 5.74) is 0.880. The van der Waals surface area contributed by atoms with E-state index in [4.69, 9.17) is 16.3 Å². The molecule has 4 rings (SSSR count). The second-order valence-electron chi connectivity index (χ2n) is 9.49. The molecule has 35 heavy (non-hydrogen) atoms. The Morgan fingerprint density at radius 1 is 1.17 bits per heavy atom. The molecule has 0 N–H and O–H groups in total. The molecule has 8 heteroatoms. The molecule has 2 amide bonds. The van der Waals surface area contributed by atoms with E-state index in [1.807, 2.05) is 32.2 Å². The molecule has 0 bridgehead atoms. The first-order valence-corrected chi connectivity index (χ1v) is 12.7. The zero-order valence-electron chi connectivity index (χ0n) is 20.0. The molecule has 0 unspecified atom stereocenters. The van der Waals surface area contributed by atoms with Crippen LogP contribution in [-0.4, -0.2) is 46.8 Å². The molecule has 5 nitrogen and oxygen atoms in total. The van der Waals surface area contributed by atoms with Crippen LogP contribution in [0.25, 0.3) is 0 Å². The predicted molar refractivity (Wildman–Crippen MR) is 137 cm³/mol. The first kappa shape index (κ1) is 25.2. The standard InChI is InChI=1S/C27H28ClFN2O3S/c1-27(2,3)31(26(33)18-6-4-7-19(28)14-18)16-25(32)30-12-10-24-22(11-13-35-24)23(30)17-34-21-9-5-8-20(29)15-21/h4-9,11,13-15,23H,10,12,16-17H2,1-3H3/t23-/m1/s1. The quantitative estimate of drug-likeness (QED) is 0.406. The van der Waals surface area contributed by atoms with E-state index in [1.54, 1.807) is 57.5 Å². The molecule has 184 valence electrons. The van der Waals surface area contributed by atoms with Crippen LogP contribution in [0.15, 0.2) is 60.0 Å². The van der Waals surface area contributed by atoms with Gasteiger partial charge < -0.3 is 14.5 Å². The lowest BCUT2D eigenvalue weighted by molar-refractivity contribution is -0.136. The number of amides is 2. The van der Waals surface area contributed by atoms with Gasteiger partial charge in [0.15, 0.2) is 0 Å². The van der Waals surface area contributed by atoms with E-state index >= 15 is 0 Å². The zero-order valence-corrected chi connectivity index (χ0v) is 21.5. The Labute approximate surface area is 214 Å². The molecule has 0 saturated carbocycles. The van der Waals surface area contributed by atoms with Gasteiger partial charge in [-0.05, 0) is 74.5 Å². The highest BCUT2D eigenvalue weighted by Crippen LogP contribution is 2.34. The van der Waals surface area contributed by atoms with Gasteiger partial charge in [0.25, 0.3) is 5.91 Å². The van der Waals surface area contributed by atoms with Crippen LogP contribution in [0.2, 0.25) is 5.02 Å². The molecular formula is C27H28ClFN2O3S. The SMILES string of the molecule is CC(C)(C)N(CC(=O)N1CCc2sccc2[C@H]1COc1cccc(F)c1)C(=O)c1cccc(Cl)c1. The summed E-state index contributed by atoms with van der Waals surface area (Å²) in [6, 6.07) is 14.4. The number of fused-ring (bicyclic) bond motifs is 1. The van der Waals surface area contributed by atoms with Crippen molar-refractivity contribution in [2.45, 2.75) is 38.8 Å². The van der Waals surface area contributed by atoms with Crippen LogP contribution in [0, 0.1) is 5.82 Å². The van der Waals surface area contributed by atoms with Crippen molar-refractivity contribution in [3.63, 3.8) is 0 Å². The number of halogens is 2. The lowest BCUT2D eigenvalue weighted by Crippen LogP contribution is -2.53. The zero-order chi connectivity index (χ0) is 25.2. The fourth-order valence-electron chi connectivity index (χ4n) is 4.22. The monoisotopic (exact) mass is 514 g/mol. The molecule has 1 aliphatic heterocycles. The summed E-state index contributed by atoms with van der Waals surface area (Å²) in [4.78, 5) is 31.6. The Bertz CT molecular complexity index is 1220. The molecule has 1 aliphatic rings. The third-order valence-corrected chi connectivity index (χ3v) is 7.27. The molecule has 0 fully saturated rings. The molecule has 0 aliphatic carbocycles. The van der Waals surface area contributed by atoms with E-state index in [-0.39, 0.29) is 36.8 Å². The number of benzene rings is 2. The van der Waals surface area contributed by atoms with Crippen LogP contribution in [-0.2, 0) is 11.2 Å². The summed E-state index contributed by atoms with van der Waals surface area (Å²) in [7, 11) is 0. The smallest absolute Gasteiger partial charge is 0.254 e. The van der Waals surface area contributed by atoms with E-state index < -0.39 is 5.54 Å². The van der Waals surface area contributed by atoms with E-state index in [9.17, 15) is 14.0 Å². The summed E-state index contributed by atoms with van der Waals surface area (Å²) in [6.07, 6.45) is 0.743. The van der Waals surface area contributed by atoms with Gasteiger partial charge in [-0.15, -0.1) is 11.3 Å². The van der Waals surface area contributed by atoms with Gasteiger partial charge in [-0.2, -0.15) is 0 Å². The van der Waals surface area contributed by atoms with Crippen molar-refractivity contribution in [1.29, 1.82) is 0 Å². The van der Waals surface area contributed by atoms with E-state index in [0.29, 0.717) is 22.9 Å². The van der Waals surface area contributed by atoms with Crippen LogP contribution >= 0.6 is 22.9 Å². The normalized spacial score (nSPS) is 15.5. The van der Waals surface area contributed by atoms with Crippen molar-refractivity contribution in [3.8, 4) is 5.75 Å². The molecule has 0 saturated heterocycles. The third kappa shape index (κ3) is 5.85. The Morgan fingerprint density at radius 3 is 2.66 bits per heavy atom. The highest BCUT2D eigenvalue weighted by molar-refractivity contribution is 7.10. The first-order chi connectivity index (χ1) is 16.6. The molecule has 2 heterocycles. The summed E-state index contributed by atoms with van der Waals surface area (Å²) < 4.78 is 19.5. The Kier molecular flexibility index (Phi) is 7.47. The fourth-order valence-corrected chi connectivity index (χ4v) is 5.34. The number of nitrogens with zero attached hydrogens (tertiary/aromatic N) is 2. The van der Waals surface area contributed by atoms with Crippen LogP contribution in [0.5, 0.6) is 5.75 Å². The topological polar surface area (TPSA) is 49.9 Å². The van der Waals surface area contributed by atoms with Gasteiger partial charge in [0.2, 0.25) is 5.91 Å². The minimum atomic E-state index is -0.591. The summed E-state index contributed by atoms with van der Waals surface area (Å²) in [5, 5.41) is 2.48. The molecular weight excluding hydrogens is 487 g/mol. The van der Waals surface area contributed by atoms with Crippen LogP contribution < -0.4 is 4.74 Å². The molecule has 1 aromatic heterocycles. The van der Waals surface area contributed by atoms with Crippen molar-refractivity contribution in [3.05, 3.63) is 86.8 Å². The minimum Gasteiger partial charge on any atom is -0.491 e. The van der Waals surface area contributed by atoms with Crippen molar-refractivity contribution in [2.24, 2.45) is 0 Å². The second kappa shape index (κ2) is 10.4. The number of ether oxygens (including phenoxy) is 1. The maximum Gasteiger partial charge on any atom is 0.254 e. The Hall–Kier alpha value is -2.90. The van der Waals surface area contributed by atoms with Gasteiger partial charge >= 0.3 is 0 Å². The van der Waals surface area contributed by atoms with Gasteiger partial charge in [0.05, 0.1) is 6.04 Å². The average Bonchev–Trinajstić information content (AvgIpc) is 3.29. The number of rotatable bonds is 6. The maximum absolute atomic E-state index is 13.7. The van der Waals surface area contributed by atoms with Crippen LogP contribution in [0.1, 0.15) is 47.6 Å². The number of carbonyl (C=O) groups is 2. The van der Waals surface area contributed by atoms with Gasteiger partial charge in [-0.1, -0.05) is 23.7 Å². The predicted octanol–water partition coefficient (Wildman–Crippen LogP) is 5.99. The van der Waals surface area contributed by atoms with Gasteiger partial charge in [0, 0.05) is 33.6 Å². The summed E-state index contributed by atoms with van der Waals surface area (Å²) in [6.45, 7) is 6.34. The Morgan fingerprint density at radius 2 is 1.94 bits per heavy atom. The van der Waals surface area contributed by atoms with Crippen LogP contribution in [0.3, 0.4) is 0 Å². The Balaban J connectivity index is 1.57. The molecule has 2 aromatic carbocycles. The van der Waals surface area contributed by atoms with Gasteiger partial charge in [-0.3, -0.25) is 9.59 Å². The van der Waals surface area contributed by atoms with Crippen molar-refractivity contribution >= 4 is 34.8 Å². The lowest BCUT2D eigenvalue weighted by atomic mass is 9.99. The van der Waals surface area contributed by atoms with E-state index in [2.05, 4.69) is 0 Å². The average molecular weight is 515 g/mol. The lowest BCUT2D eigenvalue weighted by Gasteiger charge is -2.40. The largest absolute Gasteiger partial charge is 0.491 e. The molecule has 3 aromatic rings. The third-order valence-electron chi connectivity index (χ3n) is 6.04. The maximum atomic E-state index is 13.7. The highest BCUT2D eigenvalue weighted by atomic mass is 35.5. The number of carbonyl (C=O) groups excluding carboxylic acids is 2. The fraction of sp³-hybridized carbons (Fsp3) is 0.333. The van der Waals surface area contributed by atoms with Crippen molar-refractivity contribution < 1.29 is 18.7 Å². The van der Waals surface area contributed by atoms with E-state index in [1.165, 1.54) is 17.0 Å². The van der Waals surface area contributed by atoms with Gasteiger partial charge in [0.1, 0.15) is 24.7 Å². The first-order valence-electron chi connectivity index (χ1n) is 11.4. The summed E-state index contributed by atoms with van der Waals surface area (Å²) in [5.74, 6) is -0.392. The second-order valence-corrected chi connectivity index (χ2v) is 10.9. The number of thiophene rings is 1. The highest BCUT2D eigenvalue weighted by Gasteiger charge is 2.36. The van der Waals surface area contributed by atoms with E-state index in [0.717, 1.165) is 12.0 Å². The van der Waals surface area contributed by atoms with Crippen molar-refractivity contribution in [1.82, 2.24) is 9.80 Å². The molecule has 1 atom stereocenters. The van der Waals surface area contributed by atoms with Crippen LogP contribution in [0.4, 0.5) is 4.39 Å². The van der Waals surface area contributed by atoms with Crippen molar-refractivity contribution in [2.75, 3.05) is 19.7 Å². The number of hydrogen-bond donors (Lipinski definition) is 0. The summed E-state index contributed by atoms with van der Waals surface area (Å²) >= 11 is 7.76. The minimum absolute atomic E-state index is 0.0786. The van der Waals surface area contributed by atoms with Gasteiger partial charge in [-0.25, -0.2) is 4.39 Å². The molecule has 0 spiro atoms.